The Morgan fingerprint density at radius 1 is 1.29 bits per heavy atom. The first-order chi connectivity index (χ1) is 9.95. The van der Waals surface area contributed by atoms with Crippen molar-refractivity contribution in [3.63, 3.8) is 0 Å². The third-order valence-corrected chi connectivity index (χ3v) is 3.61. The largest absolute Gasteiger partial charge is 0.387 e. The van der Waals surface area contributed by atoms with Crippen molar-refractivity contribution < 1.29 is 9.90 Å². The molecule has 0 saturated carbocycles. The highest BCUT2D eigenvalue weighted by atomic mass is 79.9. The zero-order valence-electron chi connectivity index (χ0n) is 10.7. The average molecular weight is 390 g/mol. The van der Waals surface area contributed by atoms with Gasteiger partial charge in [0.1, 0.15) is 5.69 Å². The second-order valence-corrected chi connectivity index (χ2v) is 6.08. The van der Waals surface area contributed by atoms with Gasteiger partial charge in [0.2, 0.25) is 0 Å². The van der Waals surface area contributed by atoms with Crippen LogP contribution in [0.25, 0.3) is 0 Å². The van der Waals surface area contributed by atoms with Gasteiger partial charge in [-0.3, -0.25) is 9.78 Å². The summed E-state index contributed by atoms with van der Waals surface area (Å²) in [6.07, 6.45) is 0.615. The fourth-order valence-electron chi connectivity index (χ4n) is 1.69. The van der Waals surface area contributed by atoms with Crippen molar-refractivity contribution in [1.29, 1.82) is 0 Å². The molecule has 0 saturated heterocycles. The van der Waals surface area contributed by atoms with Gasteiger partial charge in [-0.15, -0.1) is 0 Å². The van der Waals surface area contributed by atoms with Crippen molar-refractivity contribution in [3.8, 4) is 0 Å². The van der Waals surface area contributed by atoms with Crippen molar-refractivity contribution in [2.45, 2.75) is 6.10 Å². The van der Waals surface area contributed by atoms with Crippen LogP contribution in [0.5, 0.6) is 0 Å². The van der Waals surface area contributed by atoms with E-state index in [0.29, 0.717) is 15.6 Å². The minimum Gasteiger partial charge on any atom is -0.387 e. The monoisotopic (exact) mass is 388 g/mol. The van der Waals surface area contributed by atoms with Crippen LogP contribution in [0.4, 0.5) is 0 Å². The molecule has 0 spiro atoms. The summed E-state index contributed by atoms with van der Waals surface area (Å²) in [5.74, 6) is -0.372. The zero-order valence-corrected chi connectivity index (χ0v) is 13.8. The second-order valence-electron chi connectivity index (χ2n) is 4.29. The Balaban J connectivity index is 2.00. The molecule has 0 unspecified atom stereocenters. The number of hydrogen-bond acceptors (Lipinski definition) is 3. The van der Waals surface area contributed by atoms with Crippen LogP contribution >= 0.6 is 39.1 Å². The average Bonchev–Trinajstić information content (AvgIpc) is 2.43. The van der Waals surface area contributed by atoms with Crippen LogP contribution in [-0.2, 0) is 0 Å². The van der Waals surface area contributed by atoms with Crippen molar-refractivity contribution in [1.82, 2.24) is 10.3 Å². The fraction of sp³-hybridized carbons (Fsp3) is 0.143. The lowest BCUT2D eigenvalue weighted by Crippen LogP contribution is -2.29. The summed E-state index contributed by atoms with van der Waals surface area (Å²) in [5.41, 5.74) is 0.802. The number of nitrogens with one attached hydrogen (secondary N) is 1. The van der Waals surface area contributed by atoms with Gasteiger partial charge in [0.25, 0.3) is 5.91 Å². The number of benzene rings is 1. The van der Waals surface area contributed by atoms with E-state index >= 15 is 0 Å². The maximum atomic E-state index is 11.9. The van der Waals surface area contributed by atoms with Gasteiger partial charge in [-0.05, 0) is 35.9 Å². The molecular formula is C14H11BrCl2N2O2. The molecule has 0 aliphatic heterocycles. The Labute approximate surface area is 140 Å². The number of halogens is 3. The maximum Gasteiger partial charge on any atom is 0.270 e. The number of aliphatic hydroxyl groups is 1. The first-order valence-corrected chi connectivity index (χ1v) is 7.54. The van der Waals surface area contributed by atoms with Crippen LogP contribution < -0.4 is 5.32 Å². The summed E-state index contributed by atoms with van der Waals surface area (Å²) in [6.45, 7) is 0.0314. The summed E-state index contributed by atoms with van der Waals surface area (Å²) in [7, 11) is 0. The molecule has 1 aromatic heterocycles. The van der Waals surface area contributed by atoms with Gasteiger partial charge >= 0.3 is 0 Å². The first kappa shape index (κ1) is 16.2. The third-order valence-electron chi connectivity index (χ3n) is 2.68. The molecule has 0 radical (unpaired) electrons. The normalized spacial score (nSPS) is 12.0. The van der Waals surface area contributed by atoms with E-state index in [1.54, 1.807) is 30.3 Å². The number of carbonyl (C=O) groups excluding carboxylic acids is 1. The van der Waals surface area contributed by atoms with Crippen molar-refractivity contribution in [2.75, 3.05) is 6.54 Å². The molecule has 2 rings (SSSR count). The Kier molecular flexibility index (Phi) is 5.58. The van der Waals surface area contributed by atoms with E-state index in [1.807, 2.05) is 0 Å². The summed E-state index contributed by atoms with van der Waals surface area (Å²) in [5, 5.41) is 13.5. The molecule has 0 aliphatic carbocycles. The van der Waals surface area contributed by atoms with Crippen molar-refractivity contribution in [3.05, 3.63) is 62.3 Å². The second kappa shape index (κ2) is 7.22. The smallest absolute Gasteiger partial charge is 0.270 e. The van der Waals surface area contributed by atoms with Crippen LogP contribution in [0.2, 0.25) is 10.0 Å². The number of hydrogen-bond donors (Lipinski definition) is 2. The van der Waals surface area contributed by atoms with Crippen LogP contribution in [0.1, 0.15) is 22.2 Å². The number of carbonyl (C=O) groups is 1. The molecule has 0 fully saturated rings. The molecular weight excluding hydrogens is 379 g/mol. The van der Waals surface area contributed by atoms with Gasteiger partial charge in [-0.1, -0.05) is 39.1 Å². The SMILES string of the molecule is O=C(NC[C@H](O)c1cc(Cl)cc(Cl)c1)c1cc(Br)ccn1. The van der Waals surface area contributed by atoms with E-state index in [4.69, 9.17) is 23.2 Å². The predicted octanol–water partition coefficient (Wildman–Crippen LogP) is 3.61. The van der Waals surface area contributed by atoms with E-state index in [-0.39, 0.29) is 18.1 Å². The van der Waals surface area contributed by atoms with E-state index in [1.165, 1.54) is 6.20 Å². The Morgan fingerprint density at radius 2 is 1.95 bits per heavy atom. The lowest BCUT2D eigenvalue weighted by molar-refractivity contribution is 0.0911. The molecule has 1 amide bonds. The van der Waals surface area contributed by atoms with E-state index < -0.39 is 6.10 Å². The Bertz CT molecular complexity index is 647. The van der Waals surface area contributed by atoms with E-state index in [9.17, 15) is 9.90 Å². The van der Waals surface area contributed by atoms with Crippen LogP contribution in [0, 0.1) is 0 Å². The van der Waals surface area contributed by atoms with Gasteiger partial charge in [-0.25, -0.2) is 0 Å². The number of nitrogens with zero attached hydrogens (tertiary/aromatic N) is 1. The Morgan fingerprint density at radius 3 is 2.57 bits per heavy atom. The topological polar surface area (TPSA) is 62.2 Å². The van der Waals surface area contributed by atoms with Crippen molar-refractivity contribution in [2.24, 2.45) is 0 Å². The number of rotatable bonds is 4. The van der Waals surface area contributed by atoms with E-state index in [0.717, 1.165) is 4.47 Å². The molecule has 110 valence electrons. The van der Waals surface area contributed by atoms with Gasteiger partial charge in [0.15, 0.2) is 0 Å². The number of amides is 1. The van der Waals surface area contributed by atoms with Crippen LogP contribution in [0.3, 0.4) is 0 Å². The maximum absolute atomic E-state index is 11.9. The standard InChI is InChI=1S/C14H11BrCl2N2O2/c15-9-1-2-18-12(5-9)14(21)19-7-13(20)8-3-10(16)6-11(17)4-8/h1-6,13,20H,7H2,(H,19,21)/t13-/m0/s1. The van der Waals surface area contributed by atoms with Gasteiger partial charge in [0.05, 0.1) is 6.10 Å². The quantitative estimate of drug-likeness (QED) is 0.839. The molecule has 4 nitrogen and oxygen atoms in total. The molecule has 1 aromatic carbocycles. The molecule has 7 heteroatoms. The predicted molar refractivity (Wildman–Crippen MR) is 85.7 cm³/mol. The highest BCUT2D eigenvalue weighted by molar-refractivity contribution is 9.10. The number of aliphatic hydroxyl groups excluding tert-OH is 1. The van der Waals surface area contributed by atoms with Gasteiger partial charge < -0.3 is 10.4 Å². The molecule has 2 N–H and O–H groups in total. The van der Waals surface area contributed by atoms with Crippen LogP contribution in [-0.4, -0.2) is 22.5 Å². The van der Waals surface area contributed by atoms with Gasteiger partial charge in [-0.2, -0.15) is 0 Å². The first-order valence-electron chi connectivity index (χ1n) is 5.99. The summed E-state index contributed by atoms with van der Waals surface area (Å²) < 4.78 is 0.754. The lowest BCUT2D eigenvalue weighted by Gasteiger charge is -2.13. The number of aromatic nitrogens is 1. The van der Waals surface area contributed by atoms with Gasteiger partial charge in [0, 0.05) is 27.3 Å². The minimum atomic E-state index is -0.905. The highest BCUT2D eigenvalue weighted by Gasteiger charge is 2.13. The zero-order chi connectivity index (χ0) is 15.4. The van der Waals surface area contributed by atoms with E-state index in [2.05, 4.69) is 26.2 Å². The summed E-state index contributed by atoms with van der Waals surface area (Å²) in [6, 6.07) is 8.09. The third kappa shape index (κ3) is 4.68. The molecule has 21 heavy (non-hydrogen) atoms. The van der Waals surface area contributed by atoms with Crippen molar-refractivity contribution >= 4 is 45.0 Å². The van der Waals surface area contributed by atoms with Crippen LogP contribution in [0.15, 0.2) is 41.0 Å². The minimum absolute atomic E-state index is 0.0314. The molecule has 0 bridgehead atoms. The molecule has 1 heterocycles. The fourth-order valence-corrected chi connectivity index (χ4v) is 2.57. The summed E-state index contributed by atoms with van der Waals surface area (Å²) in [4.78, 5) is 15.9. The molecule has 2 aromatic rings. The molecule has 0 aliphatic rings. The highest BCUT2D eigenvalue weighted by Crippen LogP contribution is 2.23. The molecule has 1 atom stereocenters. The summed E-state index contributed by atoms with van der Waals surface area (Å²) >= 11 is 15.0. The lowest BCUT2D eigenvalue weighted by atomic mass is 10.1. The number of pyridine rings is 1. The Hall–Kier alpha value is -1.14.